The molecule has 0 saturated heterocycles. The molecule has 136 valence electrons. The molecule has 0 fully saturated rings. The number of methoxy groups -OCH3 is 1. The number of benzene rings is 1. The SMILES string of the molecule is COCCN1CC(C(=O)c2ccc(Cc3ccc(F)cc3)o2)=C(O)C1=O. The van der Waals surface area contributed by atoms with Crippen LogP contribution >= 0.6 is 0 Å². The van der Waals surface area contributed by atoms with Gasteiger partial charge in [-0.3, -0.25) is 9.59 Å². The molecule has 1 aliphatic heterocycles. The highest BCUT2D eigenvalue weighted by Gasteiger charge is 2.35. The maximum absolute atomic E-state index is 12.9. The number of hydrogen-bond donors (Lipinski definition) is 1. The van der Waals surface area contributed by atoms with Crippen molar-refractivity contribution in [1.29, 1.82) is 0 Å². The molecule has 2 heterocycles. The Kier molecular flexibility index (Phi) is 5.18. The summed E-state index contributed by atoms with van der Waals surface area (Å²) in [7, 11) is 1.51. The number of amides is 1. The van der Waals surface area contributed by atoms with Gasteiger partial charge in [-0.1, -0.05) is 12.1 Å². The van der Waals surface area contributed by atoms with Crippen molar-refractivity contribution in [2.24, 2.45) is 0 Å². The van der Waals surface area contributed by atoms with E-state index in [-0.39, 0.29) is 30.2 Å². The number of ether oxygens (including phenoxy) is 1. The number of hydrogen-bond acceptors (Lipinski definition) is 5. The van der Waals surface area contributed by atoms with E-state index in [1.807, 2.05) is 0 Å². The Bertz CT molecular complexity index is 853. The van der Waals surface area contributed by atoms with E-state index in [2.05, 4.69) is 0 Å². The van der Waals surface area contributed by atoms with E-state index in [1.54, 1.807) is 18.2 Å². The second kappa shape index (κ2) is 7.53. The van der Waals surface area contributed by atoms with Crippen LogP contribution < -0.4 is 0 Å². The Morgan fingerprint density at radius 2 is 2.00 bits per heavy atom. The van der Waals surface area contributed by atoms with Crippen molar-refractivity contribution in [3.05, 3.63) is 70.6 Å². The smallest absolute Gasteiger partial charge is 0.289 e. The molecule has 0 atom stereocenters. The number of rotatable bonds is 7. The van der Waals surface area contributed by atoms with Gasteiger partial charge >= 0.3 is 0 Å². The van der Waals surface area contributed by atoms with Crippen molar-refractivity contribution in [2.75, 3.05) is 26.8 Å². The first-order valence-corrected chi connectivity index (χ1v) is 8.07. The van der Waals surface area contributed by atoms with E-state index >= 15 is 0 Å². The van der Waals surface area contributed by atoms with Crippen LogP contribution in [0.1, 0.15) is 21.9 Å². The number of furan rings is 1. The predicted molar refractivity (Wildman–Crippen MR) is 90.4 cm³/mol. The average Bonchev–Trinajstić information content (AvgIpc) is 3.21. The molecule has 3 rings (SSSR count). The lowest BCUT2D eigenvalue weighted by molar-refractivity contribution is -0.128. The molecule has 1 aromatic carbocycles. The van der Waals surface area contributed by atoms with Crippen LogP contribution in [0.3, 0.4) is 0 Å². The first-order chi connectivity index (χ1) is 12.5. The minimum absolute atomic E-state index is 0.00813. The molecule has 0 radical (unpaired) electrons. The van der Waals surface area contributed by atoms with Crippen LogP contribution in [-0.2, 0) is 16.0 Å². The minimum atomic E-state index is -0.594. The Morgan fingerprint density at radius 3 is 2.69 bits per heavy atom. The molecule has 1 aliphatic rings. The van der Waals surface area contributed by atoms with Gasteiger partial charge in [0.15, 0.2) is 11.5 Å². The molecule has 1 aromatic heterocycles. The molecule has 1 N–H and O–H groups in total. The Balaban J connectivity index is 1.71. The number of Topliss-reactive ketones (excluding diaryl/α,β-unsaturated/α-hetero) is 1. The quantitative estimate of drug-likeness (QED) is 0.769. The molecule has 0 spiro atoms. The highest BCUT2D eigenvalue weighted by atomic mass is 19.1. The fraction of sp³-hybridized carbons (Fsp3) is 0.263. The minimum Gasteiger partial charge on any atom is -0.503 e. The van der Waals surface area contributed by atoms with Crippen LogP contribution in [0.2, 0.25) is 0 Å². The summed E-state index contributed by atoms with van der Waals surface area (Å²) < 4.78 is 23.4. The molecular weight excluding hydrogens is 341 g/mol. The molecule has 0 bridgehead atoms. The van der Waals surface area contributed by atoms with Gasteiger partial charge in [0.05, 0.1) is 18.7 Å². The van der Waals surface area contributed by atoms with Crippen LogP contribution in [0.25, 0.3) is 0 Å². The summed E-state index contributed by atoms with van der Waals surface area (Å²) >= 11 is 0. The van der Waals surface area contributed by atoms with Gasteiger partial charge in [0, 0.05) is 20.1 Å². The van der Waals surface area contributed by atoms with Gasteiger partial charge in [-0.05, 0) is 29.8 Å². The van der Waals surface area contributed by atoms with Crippen molar-refractivity contribution >= 4 is 11.7 Å². The van der Waals surface area contributed by atoms with Gasteiger partial charge < -0.3 is 19.2 Å². The monoisotopic (exact) mass is 359 g/mol. The summed E-state index contributed by atoms with van der Waals surface area (Å²) in [6.07, 6.45) is 0.400. The molecule has 1 amide bonds. The van der Waals surface area contributed by atoms with Crippen molar-refractivity contribution in [3.8, 4) is 0 Å². The van der Waals surface area contributed by atoms with Crippen LogP contribution in [0.5, 0.6) is 0 Å². The van der Waals surface area contributed by atoms with Gasteiger partial charge in [-0.25, -0.2) is 4.39 Å². The van der Waals surface area contributed by atoms with Gasteiger partial charge in [0.25, 0.3) is 5.91 Å². The highest BCUT2D eigenvalue weighted by molar-refractivity contribution is 6.14. The van der Waals surface area contributed by atoms with Crippen molar-refractivity contribution in [2.45, 2.75) is 6.42 Å². The first-order valence-electron chi connectivity index (χ1n) is 8.07. The number of carbonyl (C=O) groups is 2. The highest BCUT2D eigenvalue weighted by Crippen LogP contribution is 2.23. The third-order valence-corrected chi connectivity index (χ3v) is 4.14. The summed E-state index contributed by atoms with van der Waals surface area (Å²) in [5, 5.41) is 9.98. The number of aliphatic hydroxyl groups is 1. The van der Waals surface area contributed by atoms with Crippen molar-refractivity contribution < 1.29 is 28.2 Å². The lowest BCUT2D eigenvalue weighted by Gasteiger charge is -2.14. The van der Waals surface area contributed by atoms with Crippen molar-refractivity contribution in [1.82, 2.24) is 4.90 Å². The maximum atomic E-state index is 12.9. The molecule has 7 heteroatoms. The van der Waals surface area contributed by atoms with E-state index in [9.17, 15) is 19.1 Å². The zero-order valence-electron chi connectivity index (χ0n) is 14.2. The zero-order chi connectivity index (χ0) is 18.7. The molecule has 2 aromatic rings. The van der Waals surface area contributed by atoms with Gasteiger partial charge in [0.1, 0.15) is 11.6 Å². The third kappa shape index (κ3) is 3.67. The summed E-state index contributed by atoms with van der Waals surface area (Å²) in [4.78, 5) is 25.9. The largest absolute Gasteiger partial charge is 0.503 e. The number of ketones is 1. The van der Waals surface area contributed by atoms with E-state index in [1.165, 1.54) is 30.2 Å². The lowest BCUT2D eigenvalue weighted by Crippen LogP contribution is -2.30. The topological polar surface area (TPSA) is 80.0 Å². The molecule has 0 aliphatic carbocycles. The predicted octanol–water partition coefficient (Wildman–Crippen LogP) is 2.49. The Hall–Kier alpha value is -2.93. The molecule has 0 unspecified atom stereocenters. The van der Waals surface area contributed by atoms with Crippen LogP contribution in [0, 0.1) is 5.82 Å². The van der Waals surface area contributed by atoms with Gasteiger partial charge in [-0.15, -0.1) is 0 Å². The molecule has 26 heavy (non-hydrogen) atoms. The van der Waals surface area contributed by atoms with Crippen molar-refractivity contribution in [3.63, 3.8) is 0 Å². The van der Waals surface area contributed by atoms with E-state index < -0.39 is 17.4 Å². The molecule has 0 saturated carbocycles. The summed E-state index contributed by atoms with van der Waals surface area (Å²) in [6, 6.07) is 9.13. The number of carbonyl (C=O) groups excluding carboxylic acids is 2. The first kappa shape index (κ1) is 17.9. The van der Waals surface area contributed by atoms with Crippen LogP contribution in [0.15, 0.2) is 52.1 Å². The zero-order valence-corrected chi connectivity index (χ0v) is 14.2. The summed E-state index contributed by atoms with van der Waals surface area (Å²) in [5.41, 5.74) is 0.845. The Labute approximate surface area is 149 Å². The number of nitrogens with zero attached hydrogens (tertiary/aromatic N) is 1. The summed E-state index contributed by atoms with van der Waals surface area (Å²) in [5.74, 6) is -1.42. The molecule has 6 nitrogen and oxygen atoms in total. The average molecular weight is 359 g/mol. The fourth-order valence-corrected chi connectivity index (χ4v) is 2.72. The lowest BCUT2D eigenvalue weighted by atomic mass is 10.1. The fourth-order valence-electron chi connectivity index (χ4n) is 2.72. The normalized spacial score (nSPS) is 14.4. The van der Waals surface area contributed by atoms with E-state index in [0.717, 1.165) is 5.56 Å². The van der Waals surface area contributed by atoms with E-state index in [0.29, 0.717) is 18.8 Å². The maximum Gasteiger partial charge on any atom is 0.289 e. The number of aliphatic hydroxyl groups excluding tert-OH is 1. The van der Waals surface area contributed by atoms with Gasteiger partial charge in [0.2, 0.25) is 5.78 Å². The van der Waals surface area contributed by atoms with Crippen LogP contribution in [-0.4, -0.2) is 48.5 Å². The van der Waals surface area contributed by atoms with Gasteiger partial charge in [-0.2, -0.15) is 0 Å². The summed E-state index contributed by atoms with van der Waals surface area (Å²) in [6.45, 7) is 0.605. The standard InChI is InChI=1S/C19H18FNO5/c1-25-9-8-21-11-15(18(23)19(21)24)17(22)16-7-6-14(26-16)10-12-2-4-13(20)5-3-12/h2-7,23H,8-11H2,1H3. The van der Waals surface area contributed by atoms with Crippen LogP contribution in [0.4, 0.5) is 4.39 Å². The Morgan fingerprint density at radius 1 is 1.27 bits per heavy atom. The molecular formula is C19H18FNO5. The second-order valence-corrected chi connectivity index (χ2v) is 5.94. The second-order valence-electron chi connectivity index (χ2n) is 5.94. The van der Waals surface area contributed by atoms with E-state index in [4.69, 9.17) is 9.15 Å². The number of halogens is 1. The third-order valence-electron chi connectivity index (χ3n) is 4.14.